The summed E-state index contributed by atoms with van der Waals surface area (Å²) in [6.45, 7) is 3.16. The Kier molecular flexibility index (Phi) is 5.54. The van der Waals surface area contributed by atoms with Gasteiger partial charge in [-0.2, -0.15) is 4.39 Å². The molecule has 0 aliphatic carbocycles. The highest BCUT2D eigenvalue weighted by Crippen LogP contribution is 2.39. The molecule has 1 aliphatic rings. The van der Waals surface area contributed by atoms with Crippen molar-refractivity contribution in [3.8, 4) is 0 Å². The molecule has 5 nitrogen and oxygen atoms in total. The van der Waals surface area contributed by atoms with Crippen LogP contribution in [0.15, 0.2) is 36.1 Å². The van der Waals surface area contributed by atoms with Crippen molar-refractivity contribution in [3.63, 3.8) is 0 Å². The molecule has 0 radical (unpaired) electrons. The largest absolute Gasteiger partial charge is 0.461 e. The van der Waals surface area contributed by atoms with Gasteiger partial charge in [0.05, 0.1) is 13.2 Å². The summed E-state index contributed by atoms with van der Waals surface area (Å²) in [5, 5.41) is 0. The zero-order valence-corrected chi connectivity index (χ0v) is 13.4. The number of ether oxygens (including phenoxy) is 3. The van der Waals surface area contributed by atoms with Crippen LogP contribution in [0.2, 0.25) is 0 Å². The van der Waals surface area contributed by atoms with Gasteiger partial charge in [-0.05, 0) is 37.6 Å². The first-order chi connectivity index (χ1) is 11.4. The Balaban J connectivity index is 2.37. The van der Waals surface area contributed by atoms with Crippen molar-refractivity contribution in [1.29, 1.82) is 0 Å². The van der Waals surface area contributed by atoms with Crippen LogP contribution in [-0.2, 0) is 23.8 Å². The van der Waals surface area contributed by atoms with Crippen LogP contribution in [0.3, 0.4) is 0 Å². The van der Waals surface area contributed by atoms with Gasteiger partial charge in [-0.3, -0.25) is 0 Å². The highest BCUT2D eigenvalue weighted by molar-refractivity contribution is 5.88. The molecule has 1 aromatic rings. The van der Waals surface area contributed by atoms with Gasteiger partial charge in [0.15, 0.2) is 0 Å². The van der Waals surface area contributed by atoms with Crippen LogP contribution >= 0.6 is 0 Å². The molecule has 130 valence electrons. The van der Waals surface area contributed by atoms with E-state index in [1.807, 2.05) is 0 Å². The molecule has 1 aromatic carbocycles. The van der Waals surface area contributed by atoms with Crippen LogP contribution in [0.1, 0.15) is 31.7 Å². The first kappa shape index (κ1) is 17.9. The third-order valence-electron chi connectivity index (χ3n) is 3.46. The summed E-state index contributed by atoms with van der Waals surface area (Å²) in [6, 6.07) is 5.34. The minimum absolute atomic E-state index is 0.0342. The Bertz CT molecular complexity index is 641. The summed E-state index contributed by atoms with van der Waals surface area (Å²) in [5.41, 5.74) is 0.535. The number of hydrogen-bond donors (Lipinski definition) is 0. The lowest BCUT2D eigenvalue weighted by Crippen LogP contribution is -2.43. The highest BCUT2D eigenvalue weighted by Gasteiger charge is 2.49. The zero-order valence-electron chi connectivity index (χ0n) is 13.4. The molecular weight excluding hydrogens is 322 g/mol. The molecule has 0 fully saturated rings. The van der Waals surface area contributed by atoms with E-state index >= 15 is 0 Å². The topological polar surface area (TPSA) is 61.8 Å². The third-order valence-corrected chi connectivity index (χ3v) is 3.46. The van der Waals surface area contributed by atoms with E-state index in [0.29, 0.717) is 5.56 Å². The first-order valence-electron chi connectivity index (χ1n) is 7.59. The Labute approximate surface area is 138 Å². The van der Waals surface area contributed by atoms with E-state index in [1.165, 1.54) is 37.3 Å². The molecule has 24 heavy (non-hydrogen) atoms. The Morgan fingerprint density at radius 1 is 1.21 bits per heavy atom. The summed E-state index contributed by atoms with van der Waals surface area (Å²) < 4.78 is 42.5. The molecule has 0 N–H and O–H groups in total. The molecule has 0 amide bonds. The van der Waals surface area contributed by atoms with E-state index < -0.39 is 35.3 Å². The third kappa shape index (κ3) is 3.90. The average molecular weight is 340 g/mol. The second-order valence-corrected chi connectivity index (χ2v) is 5.16. The standard InChI is InChI=1S/C17H18F2O5/c1-3-22-15(20)14-9-12(11-5-7-13(18)8-6-11)10-17(19,24-14)16(21)23-4-2/h5-9,12H,3-4,10H2,1-2H3. The predicted octanol–water partition coefficient (Wildman–Crippen LogP) is 3.01. The van der Waals surface area contributed by atoms with Crippen molar-refractivity contribution in [2.24, 2.45) is 0 Å². The van der Waals surface area contributed by atoms with E-state index in [1.54, 1.807) is 6.92 Å². The van der Waals surface area contributed by atoms with Crippen LogP contribution in [0.4, 0.5) is 8.78 Å². The highest BCUT2D eigenvalue weighted by atomic mass is 19.2. The fourth-order valence-corrected chi connectivity index (χ4v) is 2.37. The Morgan fingerprint density at radius 2 is 1.83 bits per heavy atom. The molecule has 2 unspecified atom stereocenters. The number of hydrogen-bond acceptors (Lipinski definition) is 5. The van der Waals surface area contributed by atoms with Gasteiger partial charge < -0.3 is 14.2 Å². The summed E-state index contributed by atoms with van der Waals surface area (Å²) in [5.74, 6) is -6.44. The second kappa shape index (κ2) is 7.42. The van der Waals surface area contributed by atoms with Crippen LogP contribution in [-0.4, -0.2) is 31.0 Å². The Morgan fingerprint density at radius 3 is 2.42 bits per heavy atom. The van der Waals surface area contributed by atoms with Gasteiger partial charge in [-0.15, -0.1) is 0 Å². The smallest absolute Gasteiger partial charge is 0.384 e. The van der Waals surface area contributed by atoms with Gasteiger partial charge in [-0.1, -0.05) is 12.1 Å². The lowest BCUT2D eigenvalue weighted by Gasteiger charge is -2.32. The van der Waals surface area contributed by atoms with Gasteiger partial charge in [0.1, 0.15) is 5.82 Å². The van der Waals surface area contributed by atoms with Crippen LogP contribution in [0.25, 0.3) is 0 Å². The number of carbonyl (C=O) groups is 2. The number of alkyl halides is 1. The van der Waals surface area contributed by atoms with E-state index in [2.05, 4.69) is 0 Å². The normalized spacial score (nSPS) is 23.0. The molecular formula is C17H18F2O5. The number of halogens is 2. The van der Waals surface area contributed by atoms with Gasteiger partial charge in [0.25, 0.3) is 0 Å². The summed E-state index contributed by atoms with van der Waals surface area (Å²) >= 11 is 0. The maximum atomic E-state index is 15.0. The molecule has 0 saturated heterocycles. The van der Waals surface area contributed by atoms with Crippen molar-refractivity contribution in [3.05, 3.63) is 47.5 Å². The van der Waals surface area contributed by atoms with Crippen molar-refractivity contribution < 1.29 is 32.6 Å². The molecule has 2 rings (SSSR count). The summed E-state index contributed by atoms with van der Waals surface area (Å²) in [7, 11) is 0. The molecule has 0 aromatic heterocycles. The van der Waals surface area contributed by atoms with Crippen LogP contribution in [0.5, 0.6) is 0 Å². The van der Waals surface area contributed by atoms with Gasteiger partial charge in [0.2, 0.25) is 5.76 Å². The monoisotopic (exact) mass is 340 g/mol. The summed E-state index contributed by atoms with van der Waals surface area (Å²) in [6.07, 6.45) is 0.975. The van der Waals surface area contributed by atoms with Crippen molar-refractivity contribution >= 4 is 11.9 Å². The summed E-state index contributed by atoms with van der Waals surface area (Å²) in [4.78, 5) is 23.8. The predicted molar refractivity (Wildman–Crippen MR) is 80.0 cm³/mol. The van der Waals surface area contributed by atoms with Crippen molar-refractivity contribution in [2.75, 3.05) is 13.2 Å². The number of benzene rings is 1. The minimum atomic E-state index is -2.81. The minimum Gasteiger partial charge on any atom is -0.461 e. The zero-order chi connectivity index (χ0) is 17.7. The molecule has 1 aliphatic heterocycles. The maximum absolute atomic E-state index is 15.0. The lowest BCUT2D eigenvalue weighted by atomic mass is 9.89. The van der Waals surface area contributed by atoms with E-state index in [9.17, 15) is 18.4 Å². The first-order valence-corrected chi connectivity index (χ1v) is 7.59. The average Bonchev–Trinajstić information content (AvgIpc) is 2.55. The SMILES string of the molecule is CCOC(=O)C1=CC(c2ccc(F)cc2)CC(F)(C(=O)OCC)O1. The molecule has 2 atom stereocenters. The van der Waals surface area contributed by atoms with E-state index in [-0.39, 0.29) is 19.6 Å². The Hall–Kier alpha value is -2.44. The fourth-order valence-electron chi connectivity index (χ4n) is 2.37. The van der Waals surface area contributed by atoms with Crippen LogP contribution in [0, 0.1) is 5.82 Å². The number of allylic oxidation sites excluding steroid dienone is 1. The van der Waals surface area contributed by atoms with Gasteiger partial charge in [-0.25, -0.2) is 14.0 Å². The molecule has 7 heteroatoms. The quantitative estimate of drug-likeness (QED) is 0.771. The maximum Gasteiger partial charge on any atom is 0.384 e. The fraction of sp³-hybridized carbons (Fsp3) is 0.412. The molecule has 1 heterocycles. The van der Waals surface area contributed by atoms with E-state index in [0.717, 1.165) is 0 Å². The number of esters is 2. The van der Waals surface area contributed by atoms with Crippen molar-refractivity contribution in [2.45, 2.75) is 32.0 Å². The van der Waals surface area contributed by atoms with Crippen LogP contribution < -0.4 is 0 Å². The van der Waals surface area contributed by atoms with Gasteiger partial charge >= 0.3 is 17.8 Å². The molecule has 0 saturated carbocycles. The molecule has 0 spiro atoms. The second-order valence-electron chi connectivity index (χ2n) is 5.16. The van der Waals surface area contributed by atoms with Gasteiger partial charge in [0, 0.05) is 12.3 Å². The number of rotatable bonds is 5. The van der Waals surface area contributed by atoms with E-state index in [4.69, 9.17) is 14.2 Å². The molecule has 0 bridgehead atoms. The lowest BCUT2D eigenvalue weighted by molar-refractivity contribution is -0.199. The number of carbonyl (C=O) groups excluding carboxylic acids is 2. The van der Waals surface area contributed by atoms with Crippen molar-refractivity contribution in [1.82, 2.24) is 0 Å².